The number of carbonyl (C=O) groups excluding carboxylic acids is 1. The molecule has 0 radical (unpaired) electrons. The van der Waals surface area contributed by atoms with Gasteiger partial charge in [-0.2, -0.15) is 0 Å². The molecule has 7 heteroatoms. The first kappa shape index (κ1) is 20.2. The van der Waals surface area contributed by atoms with E-state index in [0.29, 0.717) is 34.3 Å². The van der Waals surface area contributed by atoms with Crippen molar-refractivity contribution in [3.63, 3.8) is 0 Å². The minimum absolute atomic E-state index is 0.286. The van der Waals surface area contributed by atoms with E-state index in [1.165, 1.54) is 21.3 Å². The quantitative estimate of drug-likeness (QED) is 0.764. The standard InChI is InChI=1S/C20H25NO6/c1-12(15-11-14(23-2)7-8-16(15)24-3)21-20(22)13-9-17(25-4)19(27-6)18(10-13)26-5/h7-12H,1-6H3,(H,21,22)/t12-/m1/s1. The summed E-state index contributed by atoms with van der Waals surface area (Å²) in [6.07, 6.45) is 0. The van der Waals surface area contributed by atoms with Gasteiger partial charge < -0.3 is 29.0 Å². The number of nitrogens with one attached hydrogen (secondary N) is 1. The Morgan fingerprint density at radius 1 is 0.815 bits per heavy atom. The van der Waals surface area contributed by atoms with E-state index in [4.69, 9.17) is 23.7 Å². The summed E-state index contributed by atoms with van der Waals surface area (Å²) in [6.45, 7) is 1.87. The van der Waals surface area contributed by atoms with E-state index in [1.807, 2.05) is 13.0 Å². The second-order valence-electron chi connectivity index (χ2n) is 5.72. The predicted molar refractivity (Wildman–Crippen MR) is 102 cm³/mol. The molecule has 0 saturated carbocycles. The van der Waals surface area contributed by atoms with Crippen molar-refractivity contribution in [2.24, 2.45) is 0 Å². The summed E-state index contributed by atoms with van der Waals surface area (Å²) in [6, 6.07) is 8.32. The van der Waals surface area contributed by atoms with Crippen LogP contribution in [0.25, 0.3) is 0 Å². The van der Waals surface area contributed by atoms with Crippen LogP contribution in [0.1, 0.15) is 28.9 Å². The molecule has 0 aromatic heterocycles. The molecule has 0 spiro atoms. The van der Waals surface area contributed by atoms with Gasteiger partial charge in [-0.25, -0.2) is 0 Å². The number of carbonyl (C=O) groups is 1. The fourth-order valence-electron chi connectivity index (χ4n) is 2.75. The molecule has 0 bridgehead atoms. The molecule has 7 nitrogen and oxygen atoms in total. The molecule has 0 aliphatic rings. The highest BCUT2D eigenvalue weighted by Crippen LogP contribution is 2.38. The molecule has 0 fully saturated rings. The van der Waals surface area contributed by atoms with Crippen molar-refractivity contribution < 1.29 is 28.5 Å². The number of benzene rings is 2. The van der Waals surface area contributed by atoms with E-state index in [-0.39, 0.29) is 11.9 Å². The van der Waals surface area contributed by atoms with Gasteiger partial charge >= 0.3 is 0 Å². The average Bonchev–Trinajstić information content (AvgIpc) is 2.71. The molecule has 1 amide bonds. The number of rotatable bonds is 8. The minimum atomic E-state index is -0.318. The van der Waals surface area contributed by atoms with Gasteiger partial charge in [-0.15, -0.1) is 0 Å². The Balaban J connectivity index is 2.32. The smallest absolute Gasteiger partial charge is 0.252 e. The summed E-state index contributed by atoms with van der Waals surface area (Å²) in [4.78, 5) is 12.8. The first-order valence-electron chi connectivity index (χ1n) is 8.31. The zero-order valence-corrected chi connectivity index (χ0v) is 16.4. The van der Waals surface area contributed by atoms with Crippen molar-refractivity contribution in [3.8, 4) is 28.7 Å². The highest BCUT2D eigenvalue weighted by atomic mass is 16.5. The summed E-state index contributed by atoms with van der Waals surface area (Å²) in [5.74, 6) is 2.31. The third-order valence-corrected chi connectivity index (χ3v) is 4.18. The molecular weight excluding hydrogens is 350 g/mol. The molecule has 0 unspecified atom stereocenters. The van der Waals surface area contributed by atoms with Crippen molar-refractivity contribution in [1.29, 1.82) is 0 Å². The van der Waals surface area contributed by atoms with Crippen LogP contribution in [0.4, 0.5) is 0 Å². The molecule has 27 heavy (non-hydrogen) atoms. The predicted octanol–water partition coefficient (Wildman–Crippen LogP) is 3.22. The normalized spacial score (nSPS) is 11.3. The van der Waals surface area contributed by atoms with E-state index in [1.54, 1.807) is 38.5 Å². The van der Waals surface area contributed by atoms with Crippen LogP contribution in [0.5, 0.6) is 28.7 Å². The maximum atomic E-state index is 12.8. The van der Waals surface area contributed by atoms with Crippen LogP contribution in [0.2, 0.25) is 0 Å². The first-order valence-corrected chi connectivity index (χ1v) is 8.31. The lowest BCUT2D eigenvalue weighted by molar-refractivity contribution is 0.0938. The Labute approximate surface area is 159 Å². The lowest BCUT2D eigenvalue weighted by Gasteiger charge is -2.19. The van der Waals surface area contributed by atoms with Crippen LogP contribution in [-0.2, 0) is 0 Å². The summed E-state index contributed by atoms with van der Waals surface area (Å²) >= 11 is 0. The van der Waals surface area contributed by atoms with Gasteiger partial charge in [-0.05, 0) is 37.3 Å². The second kappa shape index (κ2) is 9.02. The van der Waals surface area contributed by atoms with Crippen LogP contribution >= 0.6 is 0 Å². The van der Waals surface area contributed by atoms with Crippen molar-refractivity contribution in [3.05, 3.63) is 41.5 Å². The monoisotopic (exact) mass is 375 g/mol. The van der Waals surface area contributed by atoms with Crippen LogP contribution in [0.3, 0.4) is 0 Å². The van der Waals surface area contributed by atoms with Gasteiger partial charge in [0, 0.05) is 11.1 Å². The van der Waals surface area contributed by atoms with Crippen molar-refractivity contribution in [2.45, 2.75) is 13.0 Å². The minimum Gasteiger partial charge on any atom is -0.497 e. The summed E-state index contributed by atoms with van der Waals surface area (Å²) in [5, 5.41) is 2.95. The van der Waals surface area contributed by atoms with Crippen LogP contribution in [0.15, 0.2) is 30.3 Å². The van der Waals surface area contributed by atoms with Crippen molar-refractivity contribution in [1.82, 2.24) is 5.32 Å². The topological polar surface area (TPSA) is 75.3 Å². The zero-order valence-electron chi connectivity index (χ0n) is 16.4. The maximum absolute atomic E-state index is 12.8. The van der Waals surface area contributed by atoms with Gasteiger partial charge in [0.2, 0.25) is 5.75 Å². The number of hydrogen-bond donors (Lipinski definition) is 1. The second-order valence-corrected chi connectivity index (χ2v) is 5.72. The molecule has 1 N–H and O–H groups in total. The van der Waals surface area contributed by atoms with Gasteiger partial charge in [0.15, 0.2) is 11.5 Å². The summed E-state index contributed by atoms with van der Waals surface area (Å²) in [5.41, 5.74) is 1.19. The molecule has 2 aromatic carbocycles. The maximum Gasteiger partial charge on any atom is 0.252 e. The van der Waals surface area contributed by atoms with Gasteiger partial charge in [-0.3, -0.25) is 4.79 Å². The first-order chi connectivity index (χ1) is 13.0. The third-order valence-electron chi connectivity index (χ3n) is 4.18. The third kappa shape index (κ3) is 4.36. The molecule has 1 atom stereocenters. The SMILES string of the molecule is COc1ccc(OC)c([C@@H](C)NC(=O)c2cc(OC)c(OC)c(OC)c2)c1. The molecule has 2 rings (SSSR count). The van der Waals surface area contributed by atoms with E-state index >= 15 is 0 Å². The Hall–Kier alpha value is -3.09. The highest BCUT2D eigenvalue weighted by molar-refractivity contribution is 5.96. The molecule has 0 aliphatic carbocycles. The zero-order chi connectivity index (χ0) is 20.0. The average molecular weight is 375 g/mol. The van der Waals surface area contributed by atoms with E-state index in [0.717, 1.165) is 5.56 Å². The van der Waals surface area contributed by atoms with E-state index in [2.05, 4.69) is 5.32 Å². The van der Waals surface area contributed by atoms with Gasteiger partial charge in [-0.1, -0.05) is 0 Å². The molecular formula is C20H25NO6. The van der Waals surface area contributed by atoms with Gasteiger partial charge in [0.05, 0.1) is 41.6 Å². The molecule has 0 saturated heterocycles. The Kier molecular flexibility index (Phi) is 6.76. The van der Waals surface area contributed by atoms with Crippen LogP contribution < -0.4 is 29.0 Å². The largest absolute Gasteiger partial charge is 0.497 e. The summed E-state index contributed by atoms with van der Waals surface area (Å²) < 4.78 is 26.6. The molecule has 0 aliphatic heterocycles. The Bertz CT molecular complexity index is 780. The van der Waals surface area contributed by atoms with Crippen molar-refractivity contribution in [2.75, 3.05) is 35.5 Å². The lowest BCUT2D eigenvalue weighted by Crippen LogP contribution is -2.27. The summed E-state index contributed by atoms with van der Waals surface area (Å²) in [7, 11) is 7.69. The van der Waals surface area contributed by atoms with Crippen LogP contribution in [-0.4, -0.2) is 41.5 Å². The fourth-order valence-corrected chi connectivity index (χ4v) is 2.75. The van der Waals surface area contributed by atoms with Crippen molar-refractivity contribution >= 4 is 5.91 Å². The highest BCUT2D eigenvalue weighted by Gasteiger charge is 2.20. The van der Waals surface area contributed by atoms with Gasteiger partial charge in [0.1, 0.15) is 11.5 Å². The van der Waals surface area contributed by atoms with Crippen LogP contribution in [0, 0.1) is 0 Å². The van der Waals surface area contributed by atoms with E-state index in [9.17, 15) is 4.79 Å². The Morgan fingerprint density at radius 3 is 1.89 bits per heavy atom. The molecule has 146 valence electrons. The number of amides is 1. The molecule has 0 heterocycles. The molecule has 2 aromatic rings. The van der Waals surface area contributed by atoms with E-state index < -0.39 is 0 Å². The number of ether oxygens (including phenoxy) is 5. The Morgan fingerprint density at radius 2 is 1.41 bits per heavy atom. The fraction of sp³-hybridized carbons (Fsp3) is 0.350. The number of methoxy groups -OCH3 is 5. The lowest BCUT2D eigenvalue weighted by atomic mass is 10.1. The van der Waals surface area contributed by atoms with Gasteiger partial charge in [0.25, 0.3) is 5.91 Å². The number of hydrogen-bond acceptors (Lipinski definition) is 6.